The first-order valence-electron chi connectivity index (χ1n) is 8.95. The van der Waals surface area contributed by atoms with Crippen molar-refractivity contribution < 1.29 is 13.2 Å². The molecule has 0 saturated carbocycles. The van der Waals surface area contributed by atoms with Crippen LogP contribution in [0.1, 0.15) is 22.8 Å². The Morgan fingerprint density at radius 1 is 1.04 bits per heavy atom. The van der Waals surface area contributed by atoms with Gasteiger partial charge in [0.15, 0.2) is 5.78 Å². The molecule has 0 spiro atoms. The molecule has 144 valence electrons. The van der Waals surface area contributed by atoms with Crippen LogP contribution in [0, 0.1) is 0 Å². The molecule has 0 aromatic heterocycles. The van der Waals surface area contributed by atoms with E-state index in [1.165, 1.54) is 35.0 Å². The summed E-state index contributed by atoms with van der Waals surface area (Å²) in [6, 6.07) is 14.6. The highest BCUT2D eigenvalue weighted by molar-refractivity contribution is 7.89. The number of halogens is 1. The smallest absolute Gasteiger partial charge is 0.243 e. The number of rotatable bonds is 6. The zero-order chi connectivity index (χ0) is 19.4. The Kier molecular flexibility index (Phi) is 6.32. The number of sulfonamides is 1. The van der Waals surface area contributed by atoms with Gasteiger partial charge in [-0.05, 0) is 37.1 Å². The molecule has 7 heteroatoms. The van der Waals surface area contributed by atoms with Crippen LogP contribution in [0.15, 0.2) is 53.4 Å². The van der Waals surface area contributed by atoms with Crippen molar-refractivity contribution >= 4 is 27.4 Å². The first-order chi connectivity index (χ1) is 12.9. The van der Waals surface area contributed by atoms with Gasteiger partial charge in [0.25, 0.3) is 0 Å². The lowest BCUT2D eigenvalue weighted by Gasteiger charge is -2.34. The molecule has 5 nitrogen and oxygen atoms in total. The maximum atomic E-state index is 12.9. The van der Waals surface area contributed by atoms with Gasteiger partial charge < -0.3 is 4.90 Å². The van der Waals surface area contributed by atoms with Crippen molar-refractivity contribution in [3.63, 3.8) is 0 Å². The van der Waals surface area contributed by atoms with Crippen LogP contribution in [0.5, 0.6) is 0 Å². The molecule has 3 rings (SSSR count). The number of hydrogen-bond acceptors (Lipinski definition) is 4. The molecule has 0 bridgehead atoms. The Balaban J connectivity index is 1.63. The van der Waals surface area contributed by atoms with Crippen LogP contribution in [0.2, 0.25) is 5.02 Å². The molecular weight excluding hydrogens is 384 g/mol. The molecule has 0 unspecified atom stereocenters. The molecule has 27 heavy (non-hydrogen) atoms. The van der Waals surface area contributed by atoms with Crippen molar-refractivity contribution in [1.82, 2.24) is 9.21 Å². The Hall–Kier alpha value is -1.73. The van der Waals surface area contributed by atoms with E-state index in [0.717, 1.165) is 13.0 Å². The minimum atomic E-state index is -3.63. The van der Waals surface area contributed by atoms with Gasteiger partial charge in [-0.25, -0.2) is 8.42 Å². The van der Waals surface area contributed by atoms with E-state index < -0.39 is 10.0 Å². The second-order valence-corrected chi connectivity index (χ2v) is 9.02. The molecule has 1 aliphatic heterocycles. The highest BCUT2D eigenvalue weighted by atomic mass is 35.5. The maximum absolute atomic E-state index is 12.9. The highest BCUT2D eigenvalue weighted by Crippen LogP contribution is 2.24. The second kappa shape index (κ2) is 8.52. The zero-order valence-corrected chi connectivity index (χ0v) is 16.8. The van der Waals surface area contributed by atoms with Crippen molar-refractivity contribution in [3.8, 4) is 0 Å². The van der Waals surface area contributed by atoms with E-state index in [4.69, 9.17) is 11.6 Å². The van der Waals surface area contributed by atoms with Gasteiger partial charge in [0.2, 0.25) is 10.0 Å². The van der Waals surface area contributed by atoms with Crippen LogP contribution in [0.4, 0.5) is 0 Å². The first kappa shape index (κ1) is 20.0. The summed E-state index contributed by atoms with van der Waals surface area (Å²) in [5.41, 5.74) is 1.52. The van der Waals surface area contributed by atoms with Gasteiger partial charge in [0.1, 0.15) is 0 Å². The monoisotopic (exact) mass is 406 g/mol. The standard InChI is InChI=1S/C20H23ClN2O3S/c1-16(24)19-15-18(7-8-20(19)21)27(25,26)23-13-11-22(12-14-23)10-9-17-5-3-2-4-6-17/h2-8,15H,9-14H2,1H3. The lowest BCUT2D eigenvalue weighted by molar-refractivity contribution is 0.101. The molecule has 2 aromatic rings. The molecule has 2 aromatic carbocycles. The molecule has 1 heterocycles. The van der Waals surface area contributed by atoms with Crippen molar-refractivity contribution in [1.29, 1.82) is 0 Å². The Morgan fingerprint density at radius 3 is 2.33 bits per heavy atom. The molecule has 1 aliphatic rings. The summed E-state index contributed by atoms with van der Waals surface area (Å²) in [7, 11) is -3.63. The quantitative estimate of drug-likeness (QED) is 0.692. The predicted molar refractivity (Wildman–Crippen MR) is 107 cm³/mol. The van der Waals surface area contributed by atoms with Gasteiger partial charge in [0.05, 0.1) is 9.92 Å². The lowest BCUT2D eigenvalue weighted by atomic mass is 10.1. The third-order valence-electron chi connectivity index (χ3n) is 4.85. The number of hydrogen-bond donors (Lipinski definition) is 0. The third-order valence-corrected chi connectivity index (χ3v) is 7.07. The molecule has 0 radical (unpaired) electrons. The lowest BCUT2D eigenvalue weighted by Crippen LogP contribution is -2.49. The maximum Gasteiger partial charge on any atom is 0.243 e. The van der Waals surface area contributed by atoms with E-state index in [-0.39, 0.29) is 21.3 Å². The van der Waals surface area contributed by atoms with Crippen LogP contribution in [0.3, 0.4) is 0 Å². The Labute approximate surface area is 165 Å². The molecule has 1 fully saturated rings. The van der Waals surface area contributed by atoms with Crippen molar-refractivity contribution in [2.45, 2.75) is 18.2 Å². The SMILES string of the molecule is CC(=O)c1cc(S(=O)(=O)N2CCN(CCc3ccccc3)CC2)ccc1Cl. The summed E-state index contributed by atoms with van der Waals surface area (Å²) in [5.74, 6) is -0.247. The third kappa shape index (κ3) is 4.76. The van der Waals surface area contributed by atoms with Crippen LogP contribution in [-0.4, -0.2) is 56.1 Å². The van der Waals surface area contributed by atoms with Gasteiger partial charge in [-0.15, -0.1) is 0 Å². The number of carbonyl (C=O) groups is 1. The van der Waals surface area contributed by atoms with E-state index in [2.05, 4.69) is 17.0 Å². The van der Waals surface area contributed by atoms with E-state index in [1.807, 2.05) is 18.2 Å². The molecule has 1 saturated heterocycles. The van der Waals surface area contributed by atoms with Crippen molar-refractivity contribution in [2.75, 3.05) is 32.7 Å². The van der Waals surface area contributed by atoms with Crippen molar-refractivity contribution in [3.05, 3.63) is 64.7 Å². The minimum absolute atomic E-state index is 0.120. The number of carbonyl (C=O) groups excluding carboxylic acids is 1. The minimum Gasteiger partial charge on any atom is -0.300 e. The number of piperazine rings is 1. The van der Waals surface area contributed by atoms with Gasteiger partial charge in [-0.3, -0.25) is 4.79 Å². The summed E-state index contributed by atoms with van der Waals surface area (Å²) in [5, 5.41) is 0.271. The fraction of sp³-hybridized carbons (Fsp3) is 0.350. The average Bonchev–Trinajstić information content (AvgIpc) is 2.67. The summed E-state index contributed by atoms with van der Waals surface area (Å²) >= 11 is 6.00. The molecule has 0 amide bonds. The zero-order valence-electron chi connectivity index (χ0n) is 15.3. The number of nitrogens with zero attached hydrogens (tertiary/aromatic N) is 2. The molecule has 0 aliphatic carbocycles. The Morgan fingerprint density at radius 2 is 1.70 bits per heavy atom. The van der Waals surface area contributed by atoms with Crippen LogP contribution >= 0.6 is 11.6 Å². The second-order valence-electron chi connectivity index (χ2n) is 6.68. The number of Topliss-reactive ketones (excluding diaryl/α,β-unsaturated/α-hetero) is 1. The van der Waals surface area contributed by atoms with Gasteiger partial charge in [0, 0.05) is 38.3 Å². The van der Waals surface area contributed by atoms with E-state index in [0.29, 0.717) is 26.2 Å². The summed E-state index contributed by atoms with van der Waals surface area (Å²) in [4.78, 5) is 14.1. The van der Waals surface area contributed by atoms with Crippen molar-refractivity contribution in [2.24, 2.45) is 0 Å². The first-order valence-corrected chi connectivity index (χ1v) is 10.8. The Bertz CT molecular complexity index is 908. The summed E-state index contributed by atoms with van der Waals surface area (Å²) < 4.78 is 27.3. The summed E-state index contributed by atoms with van der Waals surface area (Å²) in [6.07, 6.45) is 0.951. The topological polar surface area (TPSA) is 57.7 Å². The number of benzene rings is 2. The number of ketones is 1. The van der Waals surface area contributed by atoms with E-state index >= 15 is 0 Å². The van der Waals surface area contributed by atoms with Gasteiger partial charge in [-0.2, -0.15) is 4.31 Å². The fourth-order valence-electron chi connectivity index (χ4n) is 3.21. The molecular formula is C20H23ClN2O3S. The summed E-state index contributed by atoms with van der Waals surface area (Å²) in [6.45, 7) is 4.55. The predicted octanol–water partition coefficient (Wildman–Crippen LogP) is 3.09. The highest BCUT2D eigenvalue weighted by Gasteiger charge is 2.29. The van der Waals surface area contributed by atoms with Gasteiger partial charge in [-0.1, -0.05) is 41.9 Å². The van der Waals surface area contributed by atoms with Crippen LogP contribution in [0.25, 0.3) is 0 Å². The van der Waals surface area contributed by atoms with Crippen LogP contribution in [-0.2, 0) is 16.4 Å². The largest absolute Gasteiger partial charge is 0.300 e. The van der Waals surface area contributed by atoms with E-state index in [9.17, 15) is 13.2 Å². The average molecular weight is 407 g/mol. The van der Waals surface area contributed by atoms with Gasteiger partial charge >= 0.3 is 0 Å². The van der Waals surface area contributed by atoms with Crippen LogP contribution < -0.4 is 0 Å². The fourth-order valence-corrected chi connectivity index (χ4v) is 4.91. The molecule has 0 atom stereocenters. The normalized spacial score (nSPS) is 16.4. The molecule has 0 N–H and O–H groups in total. The van der Waals surface area contributed by atoms with E-state index in [1.54, 1.807) is 0 Å².